The van der Waals surface area contributed by atoms with E-state index in [0.717, 1.165) is 55.6 Å². The van der Waals surface area contributed by atoms with Crippen molar-refractivity contribution < 1.29 is 28.9 Å². The van der Waals surface area contributed by atoms with Crippen LogP contribution >= 0.6 is 0 Å². The lowest BCUT2D eigenvalue weighted by Crippen LogP contribution is -2.07. The van der Waals surface area contributed by atoms with Crippen LogP contribution in [-0.2, 0) is 11.2 Å². The van der Waals surface area contributed by atoms with Crippen LogP contribution in [-0.4, -0.2) is 30.3 Å². The van der Waals surface area contributed by atoms with Crippen LogP contribution in [0.2, 0.25) is 0 Å². The molecule has 8 nitrogen and oxygen atoms in total. The molecule has 0 aliphatic carbocycles. The second-order valence-electron chi connectivity index (χ2n) is 10.5. The molecule has 3 aromatic rings. The zero-order valence-corrected chi connectivity index (χ0v) is 25.1. The quantitative estimate of drug-likeness (QED) is 0.0426. The number of carbonyl (C=O) groups excluding carboxylic acids is 1. The first-order chi connectivity index (χ1) is 20.9. The van der Waals surface area contributed by atoms with Crippen molar-refractivity contribution in [3.8, 4) is 17.2 Å². The average molecular weight is 589 g/mol. The number of esters is 1. The summed E-state index contributed by atoms with van der Waals surface area (Å²) in [6, 6.07) is 17.7. The summed E-state index contributed by atoms with van der Waals surface area (Å²) in [4.78, 5) is 23.7. The molecule has 8 heteroatoms. The smallest absolute Gasteiger partial charge is 0.336 e. The first-order valence-electron chi connectivity index (χ1n) is 15.1. The lowest BCUT2D eigenvalue weighted by molar-refractivity contribution is -0.128. The molecule has 0 aliphatic rings. The van der Waals surface area contributed by atoms with Crippen molar-refractivity contribution in [2.75, 3.05) is 24.7 Å². The number of nitrogen functional groups attached to an aromatic ring is 2. The van der Waals surface area contributed by atoms with Crippen molar-refractivity contribution >= 4 is 29.4 Å². The van der Waals surface area contributed by atoms with Gasteiger partial charge in [-0.25, -0.2) is 9.59 Å². The molecule has 0 radical (unpaired) electrons. The summed E-state index contributed by atoms with van der Waals surface area (Å²) in [6.07, 6.45) is 13.1. The van der Waals surface area contributed by atoms with E-state index in [1.807, 2.05) is 36.4 Å². The molecule has 0 aliphatic heterocycles. The molecule has 0 heterocycles. The van der Waals surface area contributed by atoms with Gasteiger partial charge in [-0.2, -0.15) is 0 Å². The summed E-state index contributed by atoms with van der Waals surface area (Å²) < 4.78 is 16.9. The minimum atomic E-state index is -1.01. The van der Waals surface area contributed by atoms with Crippen molar-refractivity contribution in [3.63, 3.8) is 0 Å². The molecule has 0 saturated carbocycles. The number of hydrogen-bond donors (Lipinski definition) is 3. The third-order valence-corrected chi connectivity index (χ3v) is 6.98. The minimum absolute atomic E-state index is 0.187. The monoisotopic (exact) mass is 588 g/mol. The molecular weight excluding hydrogens is 544 g/mol. The highest BCUT2D eigenvalue weighted by molar-refractivity contribution is 5.92. The SMILES string of the molecule is CCCCCCOc1ccc(OC(=O)/C=C/c2ccc(OCCCCCCCc3c(N)cc(N)cc3C(=O)O)cc2)cc1. The summed E-state index contributed by atoms with van der Waals surface area (Å²) in [5.41, 5.74) is 14.2. The van der Waals surface area contributed by atoms with E-state index in [2.05, 4.69) is 6.92 Å². The molecule has 0 spiro atoms. The Kier molecular flexibility index (Phi) is 14.0. The van der Waals surface area contributed by atoms with Crippen LogP contribution < -0.4 is 25.7 Å². The fourth-order valence-electron chi connectivity index (χ4n) is 4.62. The number of anilines is 2. The number of carboxylic acid groups (broad SMARTS) is 1. The van der Waals surface area contributed by atoms with Crippen LogP contribution in [0.15, 0.2) is 66.7 Å². The van der Waals surface area contributed by atoms with Crippen LogP contribution in [0, 0.1) is 0 Å². The van der Waals surface area contributed by atoms with Gasteiger partial charge in [-0.1, -0.05) is 57.6 Å². The molecule has 0 saturated heterocycles. The summed E-state index contributed by atoms with van der Waals surface area (Å²) >= 11 is 0. The van der Waals surface area contributed by atoms with Crippen molar-refractivity contribution in [2.45, 2.75) is 71.1 Å². The van der Waals surface area contributed by atoms with Gasteiger partial charge < -0.3 is 30.8 Å². The lowest BCUT2D eigenvalue weighted by atomic mass is 9.98. The number of ether oxygens (including phenoxy) is 3. The van der Waals surface area contributed by atoms with Gasteiger partial charge in [0.1, 0.15) is 17.2 Å². The lowest BCUT2D eigenvalue weighted by Gasteiger charge is -2.11. The normalized spacial score (nSPS) is 11.0. The van der Waals surface area contributed by atoms with E-state index in [-0.39, 0.29) is 5.56 Å². The van der Waals surface area contributed by atoms with Crippen molar-refractivity contribution in [1.82, 2.24) is 0 Å². The number of aromatic carboxylic acids is 1. The summed E-state index contributed by atoms with van der Waals surface area (Å²) in [5.74, 6) is 0.549. The van der Waals surface area contributed by atoms with E-state index in [1.54, 1.807) is 24.3 Å². The van der Waals surface area contributed by atoms with Crippen molar-refractivity contribution in [3.05, 3.63) is 83.4 Å². The Bertz CT molecular complexity index is 1320. The van der Waals surface area contributed by atoms with Crippen molar-refractivity contribution in [2.24, 2.45) is 0 Å². The van der Waals surface area contributed by atoms with E-state index in [0.29, 0.717) is 42.3 Å². The number of benzene rings is 3. The Labute approximate surface area is 254 Å². The van der Waals surface area contributed by atoms with Gasteiger partial charge in [0.15, 0.2) is 0 Å². The zero-order valence-electron chi connectivity index (χ0n) is 25.1. The molecule has 0 bridgehead atoms. The molecule has 0 unspecified atom stereocenters. The fraction of sp³-hybridized carbons (Fsp3) is 0.371. The number of carbonyl (C=O) groups is 2. The first-order valence-corrected chi connectivity index (χ1v) is 15.1. The van der Waals surface area contributed by atoms with Gasteiger partial charge in [-0.15, -0.1) is 0 Å². The van der Waals surface area contributed by atoms with Crippen LogP contribution in [0.4, 0.5) is 11.4 Å². The molecule has 0 amide bonds. The van der Waals surface area contributed by atoms with Gasteiger partial charge in [0, 0.05) is 17.5 Å². The number of unbranched alkanes of at least 4 members (excludes halogenated alkanes) is 7. The molecule has 0 fully saturated rings. The molecule has 3 aromatic carbocycles. The van der Waals surface area contributed by atoms with E-state index >= 15 is 0 Å². The molecule has 3 rings (SSSR count). The number of hydrogen-bond acceptors (Lipinski definition) is 7. The highest BCUT2D eigenvalue weighted by Gasteiger charge is 2.14. The topological polar surface area (TPSA) is 134 Å². The van der Waals surface area contributed by atoms with Gasteiger partial charge >= 0.3 is 11.9 Å². The summed E-state index contributed by atoms with van der Waals surface area (Å²) in [7, 11) is 0. The van der Waals surface area contributed by atoms with Gasteiger partial charge in [-0.3, -0.25) is 0 Å². The van der Waals surface area contributed by atoms with Crippen LogP contribution in [0.1, 0.15) is 86.2 Å². The Morgan fingerprint density at radius 2 is 1.30 bits per heavy atom. The van der Waals surface area contributed by atoms with Crippen LogP contribution in [0.5, 0.6) is 17.2 Å². The third kappa shape index (κ3) is 12.1. The highest BCUT2D eigenvalue weighted by Crippen LogP contribution is 2.24. The Balaban J connectivity index is 1.29. The zero-order chi connectivity index (χ0) is 30.9. The van der Waals surface area contributed by atoms with Gasteiger partial charge in [0.05, 0.1) is 18.8 Å². The highest BCUT2D eigenvalue weighted by atomic mass is 16.5. The second kappa shape index (κ2) is 18.2. The number of nitrogens with two attached hydrogens (primary N) is 2. The number of carboxylic acids is 1. The Morgan fingerprint density at radius 3 is 1.93 bits per heavy atom. The van der Waals surface area contributed by atoms with Crippen LogP contribution in [0.3, 0.4) is 0 Å². The fourth-order valence-corrected chi connectivity index (χ4v) is 4.62. The first kappa shape index (κ1) is 33.0. The van der Waals surface area contributed by atoms with E-state index in [9.17, 15) is 14.7 Å². The molecule has 0 aromatic heterocycles. The molecular formula is C35H44N2O6. The number of rotatable bonds is 19. The Hall–Kier alpha value is -4.46. The molecule has 0 atom stereocenters. The van der Waals surface area contributed by atoms with Crippen molar-refractivity contribution in [1.29, 1.82) is 0 Å². The van der Waals surface area contributed by atoms with Gasteiger partial charge in [0.2, 0.25) is 0 Å². The molecule has 5 N–H and O–H groups in total. The molecule has 43 heavy (non-hydrogen) atoms. The summed E-state index contributed by atoms with van der Waals surface area (Å²) in [5, 5.41) is 9.41. The van der Waals surface area contributed by atoms with E-state index < -0.39 is 11.9 Å². The average Bonchev–Trinajstić information content (AvgIpc) is 2.99. The van der Waals surface area contributed by atoms with Gasteiger partial charge in [0.25, 0.3) is 0 Å². The third-order valence-electron chi connectivity index (χ3n) is 6.98. The summed E-state index contributed by atoms with van der Waals surface area (Å²) in [6.45, 7) is 3.48. The molecule has 230 valence electrons. The van der Waals surface area contributed by atoms with E-state index in [1.165, 1.54) is 31.4 Å². The van der Waals surface area contributed by atoms with Gasteiger partial charge in [-0.05, 0) is 91.4 Å². The Morgan fingerprint density at radius 1 is 0.744 bits per heavy atom. The maximum absolute atomic E-state index is 12.2. The van der Waals surface area contributed by atoms with E-state index in [4.69, 9.17) is 25.7 Å². The standard InChI is InChI=1S/C35H44N2O6/c1-2-3-4-9-22-42-29-17-19-30(20-18-29)43-34(38)21-14-26-12-15-28(16-13-26)41-23-10-7-5-6-8-11-31-32(35(39)40)24-27(36)25-33(31)37/h12-21,24-25H,2-11,22-23,36-37H2,1H3,(H,39,40)/b21-14+. The minimum Gasteiger partial charge on any atom is -0.494 e. The maximum Gasteiger partial charge on any atom is 0.336 e. The largest absolute Gasteiger partial charge is 0.494 e. The predicted molar refractivity (Wildman–Crippen MR) is 172 cm³/mol. The van der Waals surface area contributed by atoms with Crippen LogP contribution in [0.25, 0.3) is 6.08 Å². The second-order valence-corrected chi connectivity index (χ2v) is 10.5. The maximum atomic E-state index is 12.2. The predicted octanol–water partition coefficient (Wildman–Crippen LogP) is 7.70.